The molecule has 0 unspecified atom stereocenters. The second-order valence-electron chi connectivity index (χ2n) is 23.3. The summed E-state index contributed by atoms with van der Waals surface area (Å²) in [6.07, 6.45) is 21.2. The molecular weight excluding hydrogens is 1220 g/mol. The molecule has 0 atom stereocenters. The summed E-state index contributed by atoms with van der Waals surface area (Å²) in [6.45, 7) is 16.6. The van der Waals surface area contributed by atoms with Crippen molar-refractivity contribution in [3.05, 3.63) is 398 Å². The van der Waals surface area contributed by atoms with Gasteiger partial charge in [0.2, 0.25) is 0 Å². The van der Waals surface area contributed by atoms with E-state index in [1.165, 1.54) is 107 Å². The summed E-state index contributed by atoms with van der Waals surface area (Å²) in [5.74, 6) is 1.52. The molecule has 492 valence electrons. The molecule has 0 saturated heterocycles. The molecule has 10 nitrogen and oxygen atoms in total. The maximum Gasteiger partial charge on any atom is 0.162 e. The molecular formula is C90H82N10. The maximum absolute atomic E-state index is 4.31. The second kappa shape index (κ2) is 38.8. The molecule has 0 spiro atoms. The standard InChI is InChI=1S/3C12H11N.2C11H10N2.2C11H10.C10H9N3/c1-10-6-2-3-7-11(10)12-8-4-5-9-13-12;1-10-12(8-5-9-13-10)11-6-3-2-4-7-11;1-10-9-13-8-7-12(10)11-5-3-2-4-6-11;1-9-7-13-6-4-11(9)10-3-2-5-12-8-10;1-9-5-2-3-6-10(9)11-12-7-4-8-13-11;1-9-5-4-7-10-6-2-3-8-11(9)10;1-9-6-7-10-4-2-3-5-11(10)8-9;1-8-4-2-3-5-9(8)10-12-6-11-7-13-10/h3*2-9H,1H3;2*2-8H,1H3;2*2-8H,1H3;2-7H,1H3. The first-order chi connectivity index (χ1) is 49.0. The summed E-state index contributed by atoms with van der Waals surface area (Å²) in [5, 5.41) is 5.33. The van der Waals surface area contributed by atoms with E-state index in [0.29, 0.717) is 0 Å². The molecule has 0 N–H and O–H groups in total. The molecule has 100 heavy (non-hydrogen) atoms. The highest BCUT2D eigenvalue weighted by atomic mass is 15.0. The first-order valence-corrected chi connectivity index (χ1v) is 33.1. The Hall–Kier alpha value is -12.7. The molecule has 0 amide bonds. The molecule has 0 aliphatic heterocycles. The van der Waals surface area contributed by atoms with Crippen LogP contribution < -0.4 is 0 Å². The van der Waals surface area contributed by atoms with Gasteiger partial charge in [-0.05, 0) is 175 Å². The molecule has 16 aromatic rings. The lowest BCUT2D eigenvalue weighted by Gasteiger charge is -2.03. The van der Waals surface area contributed by atoms with Crippen LogP contribution in [0.2, 0.25) is 0 Å². The van der Waals surface area contributed by atoms with Gasteiger partial charge in [-0.25, -0.2) is 24.9 Å². The van der Waals surface area contributed by atoms with Gasteiger partial charge in [0, 0.05) is 95.5 Å². The van der Waals surface area contributed by atoms with Crippen LogP contribution in [0.5, 0.6) is 0 Å². The zero-order chi connectivity index (χ0) is 69.9. The first-order valence-electron chi connectivity index (χ1n) is 33.1. The molecule has 0 fully saturated rings. The van der Waals surface area contributed by atoms with Crippen LogP contribution in [0, 0.1) is 55.4 Å². The van der Waals surface area contributed by atoms with Gasteiger partial charge < -0.3 is 0 Å². The summed E-state index contributed by atoms with van der Waals surface area (Å²) in [6, 6.07) is 94.7. The van der Waals surface area contributed by atoms with Gasteiger partial charge >= 0.3 is 0 Å². The molecule has 7 heterocycles. The summed E-state index contributed by atoms with van der Waals surface area (Å²) < 4.78 is 0. The van der Waals surface area contributed by atoms with Gasteiger partial charge in [0.15, 0.2) is 11.6 Å². The third kappa shape index (κ3) is 21.9. The Balaban J connectivity index is 0.000000133. The number of hydrogen-bond acceptors (Lipinski definition) is 10. The van der Waals surface area contributed by atoms with E-state index in [-0.39, 0.29) is 0 Å². The van der Waals surface area contributed by atoms with Crippen molar-refractivity contribution in [2.24, 2.45) is 0 Å². The number of pyridine rings is 5. The molecule has 0 bridgehead atoms. The van der Waals surface area contributed by atoms with Crippen molar-refractivity contribution in [2.75, 3.05) is 0 Å². The Labute approximate surface area is 589 Å². The van der Waals surface area contributed by atoms with Gasteiger partial charge in [-0.2, -0.15) is 0 Å². The number of hydrogen-bond donors (Lipinski definition) is 0. The van der Waals surface area contributed by atoms with Gasteiger partial charge in [-0.15, -0.1) is 0 Å². The minimum Gasteiger partial charge on any atom is -0.264 e. The highest BCUT2D eigenvalue weighted by molar-refractivity contribution is 5.85. The van der Waals surface area contributed by atoms with E-state index in [0.717, 1.165) is 39.7 Å². The lowest BCUT2D eigenvalue weighted by Crippen LogP contribution is -1.90. The molecule has 9 aromatic carbocycles. The monoisotopic (exact) mass is 1300 g/mol. The minimum atomic E-state index is 0.730. The maximum atomic E-state index is 4.31. The van der Waals surface area contributed by atoms with Gasteiger partial charge in [0.25, 0.3) is 0 Å². The molecule has 7 aromatic heterocycles. The van der Waals surface area contributed by atoms with Gasteiger partial charge in [-0.3, -0.25) is 24.9 Å². The van der Waals surface area contributed by atoms with Crippen LogP contribution in [-0.2, 0) is 0 Å². The molecule has 0 radical (unpaired) electrons. The predicted octanol–water partition coefficient (Wildman–Crippen LogP) is 22.2. The van der Waals surface area contributed by atoms with Crippen LogP contribution in [0.4, 0.5) is 0 Å². The summed E-state index contributed by atoms with van der Waals surface area (Å²) in [5.41, 5.74) is 21.5. The van der Waals surface area contributed by atoms with Crippen LogP contribution in [0.3, 0.4) is 0 Å². The van der Waals surface area contributed by atoms with Crippen molar-refractivity contribution >= 4 is 21.5 Å². The van der Waals surface area contributed by atoms with E-state index in [2.05, 4.69) is 243 Å². The topological polar surface area (TPSA) is 129 Å². The van der Waals surface area contributed by atoms with Crippen molar-refractivity contribution in [3.63, 3.8) is 0 Å². The number of nitrogens with zero attached hydrogens (tertiary/aromatic N) is 10. The highest BCUT2D eigenvalue weighted by Crippen LogP contribution is 2.26. The quantitative estimate of drug-likeness (QED) is 0.159. The van der Waals surface area contributed by atoms with E-state index in [1.807, 2.05) is 178 Å². The second-order valence-corrected chi connectivity index (χ2v) is 23.3. The largest absolute Gasteiger partial charge is 0.264 e. The average Bonchev–Trinajstić information content (AvgIpc) is 0.860. The van der Waals surface area contributed by atoms with Crippen LogP contribution in [-0.4, -0.2) is 49.8 Å². The summed E-state index contributed by atoms with van der Waals surface area (Å²) in [4.78, 5) is 41.1. The molecule has 0 saturated carbocycles. The van der Waals surface area contributed by atoms with Crippen LogP contribution >= 0.6 is 0 Å². The van der Waals surface area contributed by atoms with Crippen LogP contribution in [0.15, 0.2) is 354 Å². The smallest absolute Gasteiger partial charge is 0.162 e. The average molecular weight is 1300 g/mol. The highest BCUT2D eigenvalue weighted by Gasteiger charge is 2.06. The minimum absolute atomic E-state index is 0.730. The van der Waals surface area contributed by atoms with Gasteiger partial charge in [0.05, 0.1) is 5.69 Å². The molecule has 0 aliphatic rings. The Kier molecular flexibility index (Phi) is 27.8. The number of aromatic nitrogens is 10. The van der Waals surface area contributed by atoms with E-state index < -0.39 is 0 Å². The zero-order valence-electron chi connectivity index (χ0n) is 58.0. The lowest BCUT2D eigenvalue weighted by molar-refractivity contribution is 1.05. The Morgan fingerprint density at radius 1 is 0.220 bits per heavy atom. The third-order valence-electron chi connectivity index (χ3n) is 16.0. The lowest BCUT2D eigenvalue weighted by atomic mass is 10.0. The summed E-state index contributed by atoms with van der Waals surface area (Å²) >= 11 is 0. The van der Waals surface area contributed by atoms with Crippen molar-refractivity contribution in [3.8, 4) is 67.4 Å². The Morgan fingerprint density at radius 3 is 1.23 bits per heavy atom. The van der Waals surface area contributed by atoms with E-state index in [1.54, 1.807) is 24.8 Å². The van der Waals surface area contributed by atoms with Gasteiger partial charge in [0.1, 0.15) is 12.7 Å². The number of fused-ring (bicyclic) bond motifs is 2. The van der Waals surface area contributed by atoms with Gasteiger partial charge in [-0.1, -0.05) is 242 Å². The van der Waals surface area contributed by atoms with Crippen LogP contribution in [0.1, 0.15) is 44.6 Å². The Morgan fingerprint density at radius 2 is 0.670 bits per heavy atom. The predicted molar refractivity (Wildman–Crippen MR) is 415 cm³/mol. The fourth-order valence-corrected chi connectivity index (χ4v) is 10.7. The molecule has 10 heteroatoms. The Bertz CT molecular complexity index is 4400. The number of benzene rings is 9. The number of rotatable bonds is 6. The molecule has 0 aliphatic carbocycles. The van der Waals surface area contributed by atoms with Crippen molar-refractivity contribution < 1.29 is 0 Å². The normalized spacial score (nSPS) is 10.0. The van der Waals surface area contributed by atoms with Crippen molar-refractivity contribution in [1.29, 1.82) is 0 Å². The third-order valence-corrected chi connectivity index (χ3v) is 16.0. The van der Waals surface area contributed by atoms with E-state index >= 15 is 0 Å². The number of aryl methyl sites for hydroxylation is 8. The van der Waals surface area contributed by atoms with E-state index in [9.17, 15) is 0 Å². The van der Waals surface area contributed by atoms with E-state index in [4.69, 9.17) is 0 Å². The van der Waals surface area contributed by atoms with Crippen LogP contribution in [0.25, 0.3) is 89.0 Å². The zero-order valence-corrected chi connectivity index (χ0v) is 58.0. The fourth-order valence-electron chi connectivity index (χ4n) is 10.7. The SMILES string of the molecule is Cc1ccc2ccccc2c1.Cc1cccc2ccccc12.Cc1ccccc1-c1ccccn1.Cc1ccccc1-c1ncccn1.Cc1ccccc1-c1ncncn1.Cc1cnccc1-c1ccccc1.Cc1cnccc1-c1cccnc1.Cc1ncccc1-c1ccccc1. The van der Waals surface area contributed by atoms with Crippen molar-refractivity contribution in [2.45, 2.75) is 55.4 Å². The first kappa shape index (κ1) is 71.6. The van der Waals surface area contributed by atoms with Crippen molar-refractivity contribution in [1.82, 2.24) is 49.8 Å². The molecule has 16 rings (SSSR count). The fraction of sp³-hybridized carbons (Fsp3) is 0.0889. The summed E-state index contributed by atoms with van der Waals surface area (Å²) in [7, 11) is 0.